The van der Waals surface area contributed by atoms with Crippen molar-refractivity contribution in [1.29, 1.82) is 0 Å². The molecule has 6 N–H and O–H groups in total. The van der Waals surface area contributed by atoms with Crippen LogP contribution in [0.4, 0.5) is 5.69 Å². The molecule has 15 heavy (non-hydrogen) atoms. The highest BCUT2D eigenvalue weighted by Gasteiger charge is 2.17. The van der Waals surface area contributed by atoms with Crippen LogP contribution in [-0.2, 0) is 6.42 Å². The van der Waals surface area contributed by atoms with Gasteiger partial charge in [0.2, 0.25) is 5.96 Å². The van der Waals surface area contributed by atoms with E-state index in [9.17, 15) is 0 Å². The van der Waals surface area contributed by atoms with E-state index in [1.165, 1.54) is 5.56 Å². The second-order valence-corrected chi connectivity index (χ2v) is 3.49. The molecule has 0 amide bonds. The first-order chi connectivity index (χ1) is 7.16. The monoisotopic (exact) mass is 203 g/mol. The number of nitrogens with two attached hydrogens (primary N) is 3. The summed E-state index contributed by atoms with van der Waals surface area (Å²) < 4.78 is 0. The molecule has 0 aromatic heterocycles. The van der Waals surface area contributed by atoms with E-state index in [2.05, 4.69) is 10.2 Å². The summed E-state index contributed by atoms with van der Waals surface area (Å²) in [7, 11) is 0. The molecule has 0 saturated carbocycles. The number of fused-ring (bicyclic) bond motifs is 1. The van der Waals surface area contributed by atoms with Crippen molar-refractivity contribution >= 4 is 17.4 Å². The zero-order valence-electron chi connectivity index (χ0n) is 8.27. The molecule has 0 saturated heterocycles. The maximum absolute atomic E-state index is 5.71. The molecule has 5 heteroatoms. The zero-order valence-corrected chi connectivity index (χ0v) is 8.27. The minimum atomic E-state index is -0.0279. The molecule has 5 nitrogen and oxygen atoms in total. The topological polar surface area (TPSA) is 103 Å². The number of guanidine groups is 1. The van der Waals surface area contributed by atoms with E-state index in [4.69, 9.17) is 17.2 Å². The Morgan fingerprint density at radius 2 is 2.00 bits per heavy atom. The summed E-state index contributed by atoms with van der Waals surface area (Å²) in [4.78, 5) is 0. The molecular weight excluding hydrogens is 190 g/mol. The second kappa shape index (κ2) is 3.61. The Bertz CT molecular complexity index is 443. The molecular formula is C10H13N5. The van der Waals surface area contributed by atoms with E-state index in [1.807, 2.05) is 18.2 Å². The van der Waals surface area contributed by atoms with Crippen molar-refractivity contribution in [2.45, 2.75) is 12.8 Å². The zero-order chi connectivity index (χ0) is 10.8. The highest BCUT2D eigenvalue weighted by atomic mass is 15.3. The molecule has 0 spiro atoms. The third-order valence-electron chi connectivity index (χ3n) is 2.36. The Hall–Kier alpha value is -2.04. The predicted molar refractivity (Wildman–Crippen MR) is 61.5 cm³/mol. The summed E-state index contributed by atoms with van der Waals surface area (Å²) >= 11 is 0. The van der Waals surface area contributed by atoms with Crippen LogP contribution < -0.4 is 17.2 Å². The van der Waals surface area contributed by atoms with Crippen molar-refractivity contribution in [2.75, 3.05) is 5.73 Å². The van der Waals surface area contributed by atoms with Crippen molar-refractivity contribution in [1.82, 2.24) is 0 Å². The standard InChI is InChI=1S/C10H13N5/c11-7-3-1-6-2-4-9(8(6)5-7)14-15-10(12)13/h1,3,5H,2,4,11H2,(H4,12,13,15). The van der Waals surface area contributed by atoms with Gasteiger partial charge >= 0.3 is 0 Å². The number of nitrogen functional groups attached to an aromatic ring is 1. The van der Waals surface area contributed by atoms with E-state index < -0.39 is 0 Å². The van der Waals surface area contributed by atoms with Crippen LogP contribution >= 0.6 is 0 Å². The number of hydrogen-bond donors (Lipinski definition) is 3. The van der Waals surface area contributed by atoms with E-state index >= 15 is 0 Å². The molecule has 0 atom stereocenters. The van der Waals surface area contributed by atoms with Gasteiger partial charge in [-0.15, -0.1) is 5.10 Å². The molecule has 2 rings (SSSR count). The first kappa shape index (κ1) is 9.51. The number of aryl methyl sites for hydroxylation is 1. The summed E-state index contributed by atoms with van der Waals surface area (Å²) in [6.07, 6.45) is 1.82. The minimum Gasteiger partial charge on any atom is -0.399 e. The predicted octanol–water partition coefficient (Wildman–Crippen LogP) is 0.193. The fourth-order valence-corrected chi connectivity index (χ4v) is 1.69. The maximum atomic E-state index is 5.71. The average molecular weight is 203 g/mol. The molecule has 1 aliphatic carbocycles. The van der Waals surface area contributed by atoms with Gasteiger partial charge in [0.15, 0.2) is 0 Å². The van der Waals surface area contributed by atoms with Gasteiger partial charge < -0.3 is 17.2 Å². The number of nitrogens with zero attached hydrogens (tertiary/aromatic N) is 2. The highest BCUT2D eigenvalue weighted by Crippen LogP contribution is 2.24. The third kappa shape index (κ3) is 1.90. The van der Waals surface area contributed by atoms with Crippen molar-refractivity contribution < 1.29 is 0 Å². The van der Waals surface area contributed by atoms with Crippen molar-refractivity contribution in [2.24, 2.45) is 21.7 Å². The van der Waals surface area contributed by atoms with Crippen LogP contribution in [0, 0.1) is 0 Å². The van der Waals surface area contributed by atoms with Gasteiger partial charge in [-0.05, 0) is 30.5 Å². The molecule has 0 unspecified atom stereocenters. The van der Waals surface area contributed by atoms with Gasteiger partial charge in [-0.3, -0.25) is 0 Å². The SMILES string of the molecule is NC(N)=NN=C1CCc2ccc(N)cc21. The average Bonchev–Trinajstić information content (AvgIpc) is 2.57. The lowest BCUT2D eigenvalue weighted by Gasteiger charge is -2.00. The normalized spacial score (nSPS) is 16.4. The van der Waals surface area contributed by atoms with E-state index in [0.29, 0.717) is 0 Å². The molecule has 0 radical (unpaired) electrons. The number of anilines is 1. The van der Waals surface area contributed by atoms with Gasteiger partial charge in [-0.1, -0.05) is 6.07 Å². The Kier molecular flexibility index (Phi) is 2.29. The van der Waals surface area contributed by atoms with E-state index in [1.54, 1.807) is 0 Å². The van der Waals surface area contributed by atoms with Crippen LogP contribution in [0.3, 0.4) is 0 Å². The third-order valence-corrected chi connectivity index (χ3v) is 2.36. The molecule has 1 aliphatic rings. The first-order valence-corrected chi connectivity index (χ1v) is 4.71. The molecule has 0 aliphatic heterocycles. The van der Waals surface area contributed by atoms with Gasteiger partial charge in [0.25, 0.3) is 0 Å². The Morgan fingerprint density at radius 1 is 1.20 bits per heavy atom. The van der Waals surface area contributed by atoms with Crippen LogP contribution in [0.25, 0.3) is 0 Å². The molecule has 1 aromatic carbocycles. The maximum Gasteiger partial charge on any atom is 0.211 e. The molecule has 0 fully saturated rings. The molecule has 78 valence electrons. The summed E-state index contributed by atoms with van der Waals surface area (Å²) in [5.74, 6) is -0.0279. The van der Waals surface area contributed by atoms with Crippen LogP contribution in [0.1, 0.15) is 17.5 Å². The van der Waals surface area contributed by atoms with Crippen molar-refractivity contribution in [3.8, 4) is 0 Å². The second-order valence-electron chi connectivity index (χ2n) is 3.49. The van der Waals surface area contributed by atoms with E-state index in [0.717, 1.165) is 29.8 Å². The summed E-state index contributed by atoms with van der Waals surface area (Å²) in [6, 6.07) is 5.81. The largest absolute Gasteiger partial charge is 0.399 e. The fraction of sp³-hybridized carbons (Fsp3) is 0.200. The van der Waals surface area contributed by atoms with Gasteiger partial charge in [0.05, 0.1) is 5.71 Å². The summed E-state index contributed by atoms with van der Waals surface area (Å²) in [6.45, 7) is 0. The number of hydrogen-bond acceptors (Lipinski definition) is 3. The molecule has 0 heterocycles. The number of benzene rings is 1. The van der Waals surface area contributed by atoms with Crippen LogP contribution in [0.5, 0.6) is 0 Å². The first-order valence-electron chi connectivity index (χ1n) is 4.71. The lowest BCUT2D eigenvalue weighted by atomic mass is 10.1. The smallest absolute Gasteiger partial charge is 0.211 e. The van der Waals surface area contributed by atoms with Crippen LogP contribution in [0.15, 0.2) is 28.4 Å². The summed E-state index contributed by atoms with van der Waals surface area (Å²) in [5, 5.41) is 7.66. The van der Waals surface area contributed by atoms with Gasteiger partial charge in [0, 0.05) is 11.3 Å². The summed E-state index contributed by atoms with van der Waals surface area (Å²) in [5.41, 5.74) is 20.1. The Balaban J connectivity index is 2.39. The quantitative estimate of drug-likeness (QED) is 0.263. The fourth-order valence-electron chi connectivity index (χ4n) is 1.69. The van der Waals surface area contributed by atoms with Gasteiger partial charge in [0.1, 0.15) is 0 Å². The van der Waals surface area contributed by atoms with Crippen molar-refractivity contribution in [3.63, 3.8) is 0 Å². The number of rotatable bonds is 1. The Morgan fingerprint density at radius 3 is 2.73 bits per heavy atom. The van der Waals surface area contributed by atoms with Crippen molar-refractivity contribution in [3.05, 3.63) is 29.3 Å². The minimum absolute atomic E-state index is 0.0279. The Labute approximate surface area is 87.7 Å². The lowest BCUT2D eigenvalue weighted by molar-refractivity contribution is 1.08. The van der Waals surface area contributed by atoms with Crippen LogP contribution in [0.2, 0.25) is 0 Å². The van der Waals surface area contributed by atoms with E-state index in [-0.39, 0.29) is 5.96 Å². The highest BCUT2D eigenvalue weighted by molar-refractivity contribution is 6.05. The van der Waals surface area contributed by atoms with Crippen LogP contribution in [-0.4, -0.2) is 11.7 Å². The molecule has 1 aromatic rings. The lowest BCUT2D eigenvalue weighted by Crippen LogP contribution is -2.22. The van der Waals surface area contributed by atoms with Gasteiger partial charge in [-0.2, -0.15) is 5.10 Å². The molecule has 0 bridgehead atoms. The van der Waals surface area contributed by atoms with Gasteiger partial charge in [-0.25, -0.2) is 0 Å².